The molecule has 0 unspecified atom stereocenters. The van der Waals surface area contributed by atoms with Crippen LogP contribution in [0, 0.1) is 0 Å². The molecule has 13 heavy (non-hydrogen) atoms. The molecule has 1 aromatic rings. The molecule has 0 amide bonds. The van der Waals surface area contributed by atoms with Crippen LogP contribution in [0.25, 0.3) is 0 Å². The van der Waals surface area contributed by atoms with Crippen molar-refractivity contribution in [2.75, 3.05) is 24.1 Å². The number of anilines is 1. The third kappa shape index (κ3) is 4.80. The second kappa shape index (κ2) is 6.80. The molecule has 0 aromatic heterocycles. The van der Waals surface area contributed by atoms with E-state index in [4.69, 9.17) is 0 Å². The summed E-state index contributed by atoms with van der Waals surface area (Å²) in [6, 6.07) is 10.2. The minimum absolute atomic E-state index is 1.09. The smallest absolute Gasteiger partial charge is 0.0440 e. The van der Waals surface area contributed by atoms with Gasteiger partial charge in [0.2, 0.25) is 0 Å². The molecule has 72 valence electrons. The van der Waals surface area contributed by atoms with Crippen LogP contribution in [0.3, 0.4) is 0 Å². The van der Waals surface area contributed by atoms with E-state index in [0.717, 1.165) is 12.3 Å². The van der Waals surface area contributed by atoms with Gasteiger partial charge in [0.1, 0.15) is 0 Å². The van der Waals surface area contributed by atoms with Gasteiger partial charge in [-0.25, -0.2) is 0 Å². The minimum Gasteiger partial charge on any atom is -0.330 e. The fourth-order valence-corrected chi connectivity index (χ4v) is 1.66. The van der Waals surface area contributed by atoms with Crippen molar-refractivity contribution in [2.24, 2.45) is 0 Å². The third-order valence-electron chi connectivity index (χ3n) is 1.64. The summed E-state index contributed by atoms with van der Waals surface area (Å²) in [6.07, 6.45) is 1.20. The Kier molecular flexibility index (Phi) is 5.45. The van der Waals surface area contributed by atoms with Crippen LogP contribution in [0.15, 0.2) is 30.3 Å². The largest absolute Gasteiger partial charge is 0.330 e. The van der Waals surface area contributed by atoms with Gasteiger partial charge in [-0.15, -0.1) is 0 Å². The van der Waals surface area contributed by atoms with Crippen molar-refractivity contribution >= 4 is 17.6 Å². The average Bonchev–Trinajstić information content (AvgIpc) is 2.19. The van der Waals surface area contributed by atoms with Crippen LogP contribution >= 0.6 is 11.9 Å². The van der Waals surface area contributed by atoms with Crippen molar-refractivity contribution < 1.29 is 0 Å². The standard InChI is InChI=1S/C10H16N2S/c1-11-8-5-9-13-12-10-6-3-2-4-7-10/h2-4,6-7,11-12H,5,8-9H2,1H3. The molecule has 0 saturated carbocycles. The zero-order valence-corrected chi connectivity index (χ0v) is 8.73. The number of hydrogen-bond donors (Lipinski definition) is 2. The molecule has 0 saturated heterocycles. The van der Waals surface area contributed by atoms with E-state index >= 15 is 0 Å². The van der Waals surface area contributed by atoms with Gasteiger partial charge >= 0.3 is 0 Å². The van der Waals surface area contributed by atoms with E-state index in [-0.39, 0.29) is 0 Å². The molecule has 2 nitrogen and oxygen atoms in total. The van der Waals surface area contributed by atoms with E-state index < -0.39 is 0 Å². The number of hydrogen-bond acceptors (Lipinski definition) is 3. The second-order valence-electron chi connectivity index (χ2n) is 2.77. The van der Waals surface area contributed by atoms with Gasteiger partial charge in [0, 0.05) is 11.4 Å². The van der Waals surface area contributed by atoms with Gasteiger partial charge in [-0.1, -0.05) is 30.1 Å². The van der Waals surface area contributed by atoms with E-state index in [1.54, 1.807) is 11.9 Å². The van der Waals surface area contributed by atoms with Crippen LogP contribution in [0.5, 0.6) is 0 Å². The highest BCUT2D eigenvalue weighted by molar-refractivity contribution is 8.00. The highest BCUT2D eigenvalue weighted by Gasteiger charge is 1.89. The highest BCUT2D eigenvalue weighted by atomic mass is 32.2. The average molecular weight is 196 g/mol. The van der Waals surface area contributed by atoms with Gasteiger partial charge in [0.05, 0.1) is 0 Å². The van der Waals surface area contributed by atoms with Gasteiger partial charge < -0.3 is 10.0 Å². The van der Waals surface area contributed by atoms with E-state index in [2.05, 4.69) is 22.2 Å². The van der Waals surface area contributed by atoms with Crippen molar-refractivity contribution in [3.05, 3.63) is 30.3 Å². The molecule has 0 spiro atoms. The van der Waals surface area contributed by atoms with E-state index in [0.29, 0.717) is 0 Å². The molecule has 1 rings (SSSR count). The second-order valence-corrected chi connectivity index (χ2v) is 3.67. The first kappa shape index (κ1) is 10.4. The monoisotopic (exact) mass is 196 g/mol. The van der Waals surface area contributed by atoms with Crippen LogP contribution in [0.4, 0.5) is 5.69 Å². The van der Waals surface area contributed by atoms with E-state index in [9.17, 15) is 0 Å². The summed E-state index contributed by atoms with van der Waals surface area (Å²) >= 11 is 1.76. The summed E-state index contributed by atoms with van der Waals surface area (Å²) in [5.74, 6) is 1.13. The zero-order valence-electron chi connectivity index (χ0n) is 7.92. The summed E-state index contributed by atoms with van der Waals surface area (Å²) in [7, 11) is 1.98. The normalized spacial score (nSPS) is 9.92. The summed E-state index contributed by atoms with van der Waals surface area (Å²) in [5.41, 5.74) is 1.18. The Labute approximate surface area is 84.2 Å². The van der Waals surface area contributed by atoms with E-state index in [1.165, 1.54) is 12.1 Å². The van der Waals surface area contributed by atoms with Crippen molar-refractivity contribution in [1.82, 2.24) is 5.32 Å². The summed E-state index contributed by atoms with van der Waals surface area (Å²) in [5, 5.41) is 3.13. The maximum absolute atomic E-state index is 3.29. The van der Waals surface area contributed by atoms with Gasteiger partial charge in [-0.05, 0) is 32.1 Å². The Morgan fingerprint density at radius 2 is 2.00 bits per heavy atom. The Hall–Kier alpha value is -0.670. The lowest BCUT2D eigenvalue weighted by Gasteiger charge is -2.04. The molecule has 0 aliphatic carbocycles. The van der Waals surface area contributed by atoms with Gasteiger partial charge in [0.25, 0.3) is 0 Å². The lowest BCUT2D eigenvalue weighted by molar-refractivity contribution is 0.778. The molecule has 0 aliphatic rings. The van der Waals surface area contributed by atoms with Crippen LogP contribution in [0.1, 0.15) is 6.42 Å². The summed E-state index contributed by atoms with van der Waals surface area (Å²) in [6.45, 7) is 1.09. The topological polar surface area (TPSA) is 24.1 Å². The van der Waals surface area contributed by atoms with Crippen LogP contribution < -0.4 is 10.0 Å². The molecular formula is C10H16N2S. The van der Waals surface area contributed by atoms with Crippen molar-refractivity contribution in [3.8, 4) is 0 Å². The van der Waals surface area contributed by atoms with Gasteiger partial charge in [-0.2, -0.15) is 0 Å². The lowest BCUT2D eigenvalue weighted by atomic mass is 10.3. The SMILES string of the molecule is CNCCCSNc1ccccc1. The maximum atomic E-state index is 3.29. The molecule has 0 fully saturated rings. The first-order chi connectivity index (χ1) is 6.43. The maximum Gasteiger partial charge on any atom is 0.0440 e. The lowest BCUT2D eigenvalue weighted by Crippen LogP contribution is -2.08. The molecule has 0 atom stereocenters. The predicted octanol–water partition coefficient (Wildman–Crippen LogP) is 2.36. The molecule has 1 aromatic carbocycles. The molecule has 0 aliphatic heterocycles. The number of benzene rings is 1. The molecule has 0 bridgehead atoms. The van der Waals surface area contributed by atoms with Crippen LogP contribution in [-0.2, 0) is 0 Å². The van der Waals surface area contributed by atoms with Gasteiger partial charge in [-0.3, -0.25) is 0 Å². The fraction of sp³-hybridized carbons (Fsp3) is 0.400. The van der Waals surface area contributed by atoms with Crippen molar-refractivity contribution in [2.45, 2.75) is 6.42 Å². The molecule has 3 heteroatoms. The fourth-order valence-electron chi connectivity index (χ4n) is 0.962. The molecule has 0 heterocycles. The first-order valence-corrected chi connectivity index (χ1v) is 5.49. The molecule has 2 N–H and O–H groups in total. The Balaban J connectivity index is 2.07. The number of rotatable bonds is 6. The zero-order chi connectivity index (χ0) is 9.36. The Morgan fingerprint density at radius 3 is 2.69 bits per heavy atom. The molecular weight excluding hydrogens is 180 g/mol. The molecule has 0 radical (unpaired) electrons. The quantitative estimate of drug-likeness (QED) is 0.539. The highest BCUT2D eigenvalue weighted by Crippen LogP contribution is 2.11. The van der Waals surface area contributed by atoms with Crippen molar-refractivity contribution in [3.63, 3.8) is 0 Å². The van der Waals surface area contributed by atoms with Crippen LogP contribution in [0.2, 0.25) is 0 Å². The minimum atomic E-state index is 1.09. The predicted molar refractivity (Wildman–Crippen MR) is 61.1 cm³/mol. The van der Waals surface area contributed by atoms with Crippen LogP contribution in [-0.4, -0.2) is 19.3 Å². The van der Waals surface area contributed by atoms with E-state index in [1.807, 2.05) is 25.2 Å². The Bertz CT molecular complexity index is 213. The van der Waals surface area contributed by atoms with Gasteiger partial charge in [0.15, 0.2) is 0 Å². The number of para-hydroxylation sites is 1. The summed E-state index contributed by atoms with van der Waals surface area (Å²) in [4.78, 5) is 0. The third-order valence-corrected chi connectivity index (χ3v) is 2.51. The van der Waals surface area contributed by atoms with Crippen molar-refractivity contribution in [1.29, 1.82) is 0 Å². The number of nitrogens with one attached hydrogen (secondary N) is 2. The first-order valence-electron chi connectivity index (χ1n) is 4.51. The Morgan fingerprint density at radius 1 is 1.23 bits per heavy atom. The summed E-state index contributed by atoms with van der Waals surface area (Å²) < 4.78 is 3.29.